The van der Waals surface area contributed by atoms with Gasteiger partial charge in [0.15, 0.2) is 0 Å². The Morgan fingerprint density at radius 1 is 1.32 bits per heavy atom. The molecule has 22 heavy (non-hydrogen) atoms. The number of carboxylic acid groups (broad SMARTS) is 1. The lowest BCUT2D eigenvalue weighted by atomic mass is 10.1. The fraction of sp³-hybridized carbons (Fsp3) is 0.529. The second-order valence-electron chi connectivity index (χ2n) is 5.73. The van der Waals surface area contributed by atoms with E-state index in [1.165, 1.54) is 5.56 Å². The summed E-state index contributed by atoms with van der Waals surface area (Å²) >= 11 is 0. The number of ether oxygens (including phenoxy) is 1. The smallest absolute Gasteiger partial charge is 0.305 e. The molecule has 2 atom stereocenters. The lowest BCUT2D eigenvalue weighted by molar-refractivity contribution is -0.139. The van der Waals surface area contributed by atoms with Crippen LogP contribution in [0.25, 0.3) is 0 Å². The number of benzene rings is 1. The van der Waals surface area contributed by atoms with E-state index in [0.29, 0.717) is 19.4 Å². The van der Waals surface area contributed by atoms with Crippen molar-refractivity contribution < 1.29 is 19.4 Å². The first-order chi connectivity index (χ1) is 10.6. The Morgan fingerprint density at radius 3 is 2.68 bits per heavy atom. The molecule has 1 amide bonds. The van der Waals surface area contributed by atoms with Crippen LogP contribution in [-0.4, -0.2) is 47.7 Å². The van der Waals surface area contributed by atoms with Gasteiger partial charge in [-0.05, 0) is 24.8 Å². The Kier molecular flexibility index (Phi) is 5.95. The zero-order valence-electron chi connectivity index (χ0n) is 12.9. The minimum Gasteiger partial charge on any atom is -0.481 e. The SMILES string of the molecule is COC1CC(CC(=O)O)N(C(=O)CCCc2ccccc2)C1. The molecule has 2 rings (SSSR count). The third-order valence-electron chi connectivity index (χ3n) is 4.14. The maximum absolute atomic E-state index is 12.4. The molecule has 5 heteroatoms. The van der Waals surface area contributed by atoms with E-state index >= 15 is 0 Å². The predicted molar refractivity (Wildman–Crippen MR) is 82.5 cm³/mol. The molecule has 120 valence electrons. The second kappa shape index (κ2) is 7.94. The van der Waals surface area contributed by atoms with Crippen molar-refractivity contribution in [2.24, 2.45) is 0 Å². The molecule has 0 saturated carbocycles. The highest BCUT2D eigenvalue weighted by atomic mass is 16.5. The lowest BCUT2D eigenvalue weighted by Crippen LogP contribution is -2.37. The predicted octanol–water partition coefficient (Wildman–Crippen LogP) is 2.10. The molecular formula is C17H23NO4. The average Bonchev–Trinajstić information content (AvgIpc) is 2.90. The normalized spacial score (nSPS) is 21.0. The standard InChI is InChI=1S/C17H23NO4/c1-22-15-10-14(11-17(20)21)18(12-15)16(19)9-5-8-13-6-3-2-4-7-13/h2-4,6-7,14-15H,5,8-12H2,1H3,(H,20,21). The molecule has 0 bridgehead atoms. The minimum absolute atomic E-state index is 0.00964. The van der Waals surface area contributed by atoms with Gasteiger partial charge in [0, 0.05) is 26.1 Å². The number of nitrogens with zero attached hydrogens (tertiary/aromatic N) is 1. The fourth-order valence-electron chi connectivity index (χ4n) is 2.98. The summed E-state index contributed by atoms with van der Waals surface area (Å²) in [5.41, 5.74) is 1.22. The van der Waals surface area contributed by atoms with E-state index in [2.05, 4.69) is 12.1 Å². The average molecular weight is 305 g/mol. The van der Waals surface area contributed by atoms with Crippen LogP contribution in [0, 0.1) is 0 Å². The molecule has 1 heterocycles. The Labute approximate surface area is 130 Å². The second-order valence-corrected chi connectivity index (χ2v) is 5.73. The molecule has 1 fully saturated rings. The van der Waals surface area contributed by atoms with Crippen LogP contribution >= 0.6 is 0 Å². The Bertz CT molecular complexity index is 503. The minimum atomic E-state index is -0.871. The van der Waals surface area contributed by atoms with Gasteiger partial charge in [-0.15, -0.1) is 0 Å². The largest absolute Gasteiger partial charge is 0.481 e. The van der Waals surface area contributed by atoms with E-state index in [1.54, 1.807) is 12.0 Å². The number of likely N-dealkylation sites (tertiary alicyclic amines) is 1. The third kappa shape index (κ3) is 4.56. The molecule has 0 aromatic heterocycles. The zero-order valence-corrected chi connectivity index (χ0v) is 12.9. The summed E-state index contributed by atoms with van der Waals surface area (Å²) in [5.74, 6) is -0.842. The van der Waals surface area contributed by atoms with E-state index in [9.17, 15) is 9.59 Å². The molecule has 0 aliphatic carbocycles. The van der Waals surface area contributed by atoms with Crippen molar-refractivity contribution in [1.29, 1.82) is 0 Å². The van der Waals surface area contributed by atoms with Gasteiger partial charge in [0.25, 0.3) is 0 Å². The number of aryl methyl sites for hydroxylation is 1. The Morgan fingerprint density at radius 2 is 2.05 bits per heavy atom. The summed E-state index contributed by atoms with van der Waals surface area (Å²) in [5, 5.41) is 8.98. The third-order valence-corrected chi connectivity index (χ3v) is 4.14. The molecule has 1 saturated heterocycles. The van der Waals surface area contributed by atoms with E-state index in [4.69, 9.17) is 9.84 Å². The van der Waals surface area contributed by atoms with Crippen LogP contribution < -0.4 is 0 Å². The number of carbonyl (C=O) groups excluding carboxylic acids is 1. The lowest BCUT2D eigenvalue weighted by Gasteiger charge is -2.23. The highest BCUT2D eigenvalue weighted by Crippen LogP contribution is 2.24. The fourth-order valence-corrected chi connectivity index (χ4v) is 2.98. The first-order valence-electron chi connectivity index (χ1n) is 7.68. The number of carbonyl (C=O) groups is 2. The summed E-state index contributed by atoms with van der Waals surface area (Å²) in [6, 6.07) is 9.81. The Balaban J connectivity index is 1.85. The van der Waals surface area contributed by atoms with Gasteiger partial charge in [-0.3, -0.25) is 9.59 Å². The highest BCUT2D eigenvalue weighted by molar-refractivity contribution is 5.78. The molecule has 0 radical (unpaired) electrons. The van der Waals surface area contributed by atoms with Crippen molar-refractivity contribution in [3.05, 3.63) is 35.9 Å². The van der Waals surface area contributed by atoms with Gasteiger partial charge < -0.3 is 14.7 Å². The van der Waals surface area contributed by atoms with Crippen LogP contribution in [0.3, 0.4) is 0 Å². The zero-order chi connectivity index (χ0) is 15.9. The number of hydrogen-bond donors (Lipinski definition) is 1. The van der Waals surface area contributed by atoms with Crippen molar-refractivity contribution in [2.75, 3.05) is 13.7 Å². The summed E-state index contributed by atoms with van der Waals surface area (Å²) in [4.78, 5) is 25.0. The number of amides is 1. The van der Waals surface area contributed by atoms with E-state index < -0.39 is 5.97 Å². The first-order valence-corrected chi connectivity index (χ1v) is 7.68. The summed E-state index contributed by atoms with van der Waals surface area (Å²) in [7, 11) is 1.60. The van der Waals surface area contributed by atoms with Gasteiger partial charge >= 0.3 is 5.97 Å². The van der Waals surface area contributed by atoms with Crippen LogP contribution in [0.1, 0.15) is 31.2 Å². The molecule has 2 unspecified atom stereocenters. The van der Waals surface area contributed by atoms with Crippen molar-refractivity contribution in [3.8, 4) is 0 Å². The molecule has 1 aromatic carbocycles. The van der Waals surface area contributed by atoms with Gasteiger partial charge in [-0.25, -0.2) is 0 Å². The molecule has 0 spiro atoms. The monoisotopic (exact) mass is 305 g/mol. The molecule has 1 aromatic rings. The topological polar surface area (TPSA) is 66.8 Å². The maximum atomic E-state index is 12.4. The Hall–Kier alpha value is -1.88. The molecule has 5 nitrogen and oxygen atoms in total. The summed E-state index contributed by atoms with van der Waals surface area (Å²) in [6.45, 7) is 0.499. The van der Waals surface area contributed by atoms with E-state index in [0.717, 1.165) is 12.8 Å². The van der Waals surface area contributed by atoms with Crippen LogP contribution in [0.5, 0.6) is 0 Å². The number of carboxylic acids is 1. The number of hydrogen-bond acceptors (Lipinski definition) is 3. The van der Waals surface area contributed by atoms with Gasteiger partial charge in [0.1, 0.15) is 0 Å². The van der Waals surface area contributed by atoms with Crippen LogP contribution in [0.2, 0.25) is 0 Å². The molecule has 1 N–H and O–H groups in total. The van der Waals surface area contributed by atoms with Gasteiger partial charge in [0.05, 0.1) is 12.5 Å². The van der Waals surface area contributed by atoms with Crippen molar-refractivity contribution >= 4 is 11.9 Å². The van der Waals surface area contributed by atoms with Gasteiger partial charge in [0.2, 0.25) is 5.91 Å². The van der Waals surface area contributed by atoms with Crippen molar-refractivity contribution in [3.63, 3.8) is 0 Å². The van der Waals surface area contributed by atoms with Crippen molar-refractivity contribution in [2.45, 2.75) is 44.2 Å². The quantitative estimate of drug-likeness (QED) is 0.837. The molecule has 1 aliphatic rings. The van der Waals surface area contributed by atoms with E-state index in [1.807, 2.05) is 18.2 Å². The highest BCUT2D eigenvalue weighted by Gasteiger charge is 2.36. The van der Waals surface area contributed by atoms with E-state index in [-0.39, 0.29) is 24.5 Å². The first kappa shape index (κ1) is 16.5. The van der Waals surface area contributed by atoms with Gasteiger partial charge in [-0.2, -0.15) is 0 Å². The van der Waals surface area contributed by atoms with Crippen LogP contribution in [0.4, 0.5) is 0 Å². The number of rotatable bonds is 7. The van der Waals surface area contributed by atoms with Crippen molar-refractivity contribution in [1.82, 2.24) is 4.90 Å². The van der Waals surface area contributed by atoms with Gasteiger partial charge in [-0.1, -0.05) is 30.3 Å². The molecular weight excluding hydrogens is 282 g/mol. The summed E-state index contributed by atoms with van der Waals surface area (Å²) < 4.78 is 5.29. The van der Waals surface area contributed by atoms with Crippen LogP contribution in [-0.2, 0) is 20.7 Å². The molecule has 1 aliphatic heterocycles. The van der Waals surface area contributed by atoms with Crippen LogP contribution in [0.15, 0.2) is 30.3 Å². The maximum Gasteiger partial charge on any atom is 0.305 e. The summed E-state index contributed by atoms with van der Waals surface area (Å²) in [6.07, 6.45) is 2.62. The number of aliphatic carboxylic acids is 1. The number of methoxy groups -OCH3 is 1.